The number of ether oxygens (including phenoxy) is 1. The van der Waals surface area contributed by atoms with E-state index in [1.807, 2.05) is 30.3 Å². The zero-order chi connectivity index (χ0) is 34.4. The van der Waals surface area contributed by atoms with Gasteiger partial charge in [-0.05, 0) is 94.8 Å². The zero-order valence-corrected chi connectivity index (χ0v) is 28.9. The molecule has 1 saturated carbocycles. The number of benzene rings is 3. The first-order valence-electron chi connectivity index (χ1n) is 17.0. The summed E-state index contributed by atoms with van der Waals surface area (Å²) in [5.41, 5.74) is 3.29. The molecule has 2 bridgehead atoms. The third kappa shape index (κ3) is 8.34. The van der Waals surface area contributed by atoms with Crippen LogP contribution in [0.15, 0.2) is 71.2 Å². The van der Waals surface area contributed by atoms with Gasteiger partial charge in [0.1, 0.15) is 17.1 Å². The number of aliphatic carboxylic acids is 1. The average Bonchev–Trinajstić information content (AvgIpc) is 3.94. The molecule has 8 nitrogen and oxygen atoms in total. The molecular weight excluding hydrogens is 689 g/mol. The Morgan fingerprint density at radius 3 is 2.61 bits per heavy atom. The minimum atomic E-state index is -1.18. The molecule has 1 unspecified atom stereocenters. The quantitative estimate of drug-likeness (QED) is 0.129. The number of halogens is 2. The van der Waals surface area contributed by atoms with Gasteiger partial charge in [0.25, 0.3) is 0 Å². The highest BCUT2D eigenvalue weighted by Crippen LogP contribution is 2.42. The van der Waals surface area contributed by atoms with Crippen LogP contribution in [-0.2, 0) is 27.2 Å². The number of nitrogens with zero attached hydrogens (tertiary/aromatic N) is 1. The van der Waals surface area contributed by atoms with E-state index < -0.39 is 17.6 Å². The molecule has 0 spiro atoms. The summed E-state index contributed by atoms with van der Waals surface area (Å²) in [5, 5.41) is 15.9. The van der Waals surface area contributed by atoms with E-state index >= 15 is 0 Å². The van der Waals surface area contributed by atoms with Crippen LogP contribution in [0.2, 0.25) is 0 Å². The monoisotopic (exact) mass is 729 g/mol. The Morgan fingerprint density at radius 2 is 1.84 bits per heavy atom. The molecule has 49 heavy (non-hydrogen) atoms. The van der Waals surface area contributed by atoms with Gasteiger partial charge in [0.15, 0.2) is 0 Å². The van der Waals surface area contributed by atoms with E-state index in [-0.39, 0.29) is 49.4 Å². The molecule has 3 N–H and O–H groups in total. The minimum Gasteiger partial charge on any atom is -0.492 e. The molecule has 0 aromatic heterocycles. The van der Waals surface area contributed by atoms with Crippen molar-refractivity contribution in [3.05, 3.63) is 99.3 Å². The summed E-state index contributed by atoms with van der Waals surface area (Å²) in [6.45, 7) is 1.15. The molecule has 2 aliphatic heterocycles. The fraction of sp³-hybridized carbons (Fsp3) is 0.410. The van der Waals surface area contributed by atoms with Crippen molar-refractivity contribution >= 4 is 33.7 Å². The lowest BCUT2D eigenvalue weighted by Crippen LogP contribution is -2.73. The number of piperazine rings is 1. The van der Waals surface area contributed by atoms with Crippen molar-refractivity contribution in [1.29, 1.82) is 0 Å². The predicted molar refractivity (Wildman–Crippen MR) is 187 cm³/mol. The fourth-order valence-electron chi connectivity index (χ4n) is 7.00. The van der Waals surface area contributed by atoms with Crippen LogP contribution in [0.1, 0.15) is 79.2 Å². The van der Waals surface area contributed by atoms with Gasteiger partial charge in [-0.2, -0.15) is 0 Å². The van der Waals surface area contributed by atoms with E-state index in [9.17, 15) is 23.9 Å². The lowest BCUT2D eigenvalue weighted by Gasteiger charge is -2.52. The van der Waals surface area contributed by atoms with E-state index in [0.29, 0.717) is 48.7 Å². The summed E-state index contributed by atoms with van der Waals surface area (Å²) in [5.74, 6) is 5.73. The molecule has 6 rings (SSSR count). The zero-order valence-electron chi connectivity index (χ0n) is 27.4. The second-order valence-electron chi connectivity index (χ2n) is 13.1. The van der Waals surface area contributed by atoms with Gasteiger partial charge in [0.05, 0.1) is 23.2 Å². The molecule has 2 amide bonds. The fourth-order valence-corrected chi connectivity index (χ4v) is 7.36. The van der Waals surface area contributed by atoms with Crippen LogP contribution < -0.4 is 15.4 Å². The first-order valence-corrected chi connectivity index (χ1v) is 17.8. The second-order valence-corrected chi connectivity index (χ2v) is 14.0. The van der Waals surface area contributed by atoms with E-state index in [1.165, 1.54) is 36.1 Å². The molecule has 3 aromatic rings. The molecular formula is C39H41BrFN3O5. The van der Waals surface area contributed by atoms with Gasteiger partial charge in [-0.15, -0.1) is 0 Å². The van der Waals surface area contributed by atoms with Gasteiger partial charge in [-0.25, -0.2) is 4.39 Å². The van der Waals surface area contributed by atoms with E-state index in [4.69, 9.17) is 4.74 Å². The number of nitrogens with one attached hydrogen (secondary N) is 2. The standard InChI is InChI=1S/C39H41BrFN3O5/c40-33-19-18-30(41)24-34(33)49-23-5-6-26-12-14-29(15-13-26)37-39(38(48)42-22-20-27-7-1-2-9-32(27)28-16-17-28)21-4-8-31(43-39)25-44(37)35(45)10-3-11-36(46)47/h1-2,7,9,12-15,18-19,24,28,31,37,43H,3,5-6,10-11,16-17,20-23,25H2,(H,42,48)(H,46,47)/t31-,37?,39+/m0/s1. The number of carbonyl (C=O) groups is 3. The number of carboxylic acids is 1. The molecule has 0 radical (unpaired) electrons. The lowest BCUT2D eigenvalue weighted by molar-refractivity contribution is -0.145. The van der Waals surface area contributed by atoms with Gasteiger partial charge in [0, 0.05) is 38.4 Å². The topological polar surface area (TPSA) is 108 Å². The summed E-state index contributed by atoms with van der Waals surface area (Å²) in [6.07, 6.45) is 4.94. The summed E-state index contributed by atoms with van der Waals surface area (Å²) in [6, 6.07) is 19.7. The lowest BCUT2D eigenvalue weighted by atomic mass is 9.75. The molecule has 256 valence electrons. The Morgan fingerprint density at radius 1 is 1.04 bits per heavy atom. The van der Waals surface area contributed by atoms with Crippen LogP contribution in [0.5, 0.6) is 5.75 Å². The van der Waals surface area contributed by atoms with Gasteiger partial charge in [-0.1, -0.05) is 60.4 Å². The number of rotatable bonds is 15. The maximum atomic E-state index is 14.3. The Balaban J connectivity index is 1.19. The first-order chi connectivity index (χ1) is 23.7. The Hall–Kier alpha value is -4.20. The minimum absolute atomic E-state index is 0.0676. The second kappa shape index (κ2) is 15.6. The number of aryl methyl sites for hydroxylation is 1. The van der Waals surface area contributed by atoms with Crippen LogP contribution in [-0.4, -0.2) is 59.1 Å². The van der Waals surface area contributed by atoms with Crippen LogP contribution >= 0.6 is 15.9 Å². The summed E-state index contributed by atoms with van der Waals surface area (Å²) in [4.78, 5) is 41.0. The summed E-state index contributed by atoms with van der Waals surface area (Å²) >= 11 is 3.39. The maximum Gasteiger partial charge on any atom is 0.303 e. The van der Waals surface area contributed by atoms with Crippen molar-refractivity contribution in [3.8, 4) is 17.6 Å². The first kappa shape index (κ1) is 34.7. The number of hydrogen-bond acceptors (Lipinski definition) is 5. The average molecular weight is 731 g/mol. The van der Waals surface area contributed by atoms with Gasteiger partial charge < -0.3 is 20.1 Å². The number of fused-ring (bicyclic) bond motifs is 2. The molecule has 3 aromatic carbocycles. The molecule has 2 heterocycles. The summed E-state index contributed by atoms with van der Waals surface area (Å²) in [7, 11) is 0. The van der Waals surface area contributed by atoms with E-state index in [0.717, 1.165) is 17.5 Å². The normalized spacial score (nSPS) is 21.0. The maximum absolute atomic E-state index is 14.3. The Kier molecular flexibility index (Phi) is 11.0. The van der Waals surface area contributed by atoms with Gasteiger partial charge >= 0.3 is 5.97 Å². The molecule has 3 atom stereocenters. The SMILES string of the molecule is O=C(O)CCCC(=O)N1C[C@@H]2C#CC[C@@](C(=O)NCCc3ccccc3C3CC3)(N2)C1c1ccc(CCCOc2cc(F)ccc2Br)cc1. The Bertz CT molecular complexity index is 1750. The van der Waals surface area contributed by atoms with Crippen LogP contribution in [0, 0.1) is 17.7 Å². The number of carboxylic acid groups (broad SMARTS) is 1. The highest BCUT2D eigenvalue weighted by molar-refractivity contribution is 9.10. The molecule has 2 fully saturated rings. The molecule has 1 saturated heterocycles. The van der Waals surface area contributed by atoms with Crippen molar-refractivity contribution in [2.24, 2.45) is 0 Å². The molecule has 3 aliphatic rings. The number of carbonyl (C=O) groups excluding carboxylic acids is 2. The smallest absolute Gasteiger partial charge is 0.303 e. The highest BCUT2D eigenvalue weighted by Gasteiger charge is 2.55. The van der Waals surface area contributed by atoms with E-state index in [1.54, 1.807) is 11.0 Å². The predicted octanol–water partition coefficient (Wildman–Crippen LogP) is 6.08. The molecule has 1 aliphatic carbocycles. The third-order valence-electron chi connectivity index (χ3n) is 9.55. The van der Waals surface area contributed by atoms with Gasteiger partial charge in [-0.3, -0.25) is 19.7 Å². The van der Waals surface area contributed by atoms with Crippen molar-refractivity contribution in [1.82, 2.24) is 15.5 Å². The highest BCUT2D eigenvalue weighted by atomic mass is 79.9. The van der Waals surface area contributed by atoms with Crippen molar-refractivity contribution in [3.63, 3.8) is 0 Å². The third-order valence-corrected chi connectivity index (χ3v) is 10.2. The van der Waals surface area contributed by atoms with Gasteiger partial charge in [0.2, 0.25) is 11.8 Å². The van der Waals surface area contributed by atoms with Crippen molar-refractivity contribution < 1.29 is 28.6 Å². The Labute approximate surface area is 294 Å². The van der Waals surface area contributed by atoms with Crippen molar-refractivity contribution in [2.75, 3.05) is 19.7 Å². The largest absolute Gasteiger partial charge is 0.492 e. The van der Waals surface area contributed by atoms with E-state index in [2.05, 4.69) is 56.6 Å². The van der Waals surface area contributed by atoms with Crippen molar-refractivity contribution in [2.45, 2.75) is 81.3 Å². The van der Waals surface area contributed by atoms with Crippen LogP contribution in [0.3, 0.4) is 0 Å². The number of hydrogen-bond donors (Lipinski definition) is 3. The van der Waals surface area contributed by atoms with Crippen LogP contribution in [0.4, 0.5) is 4.39 Å². The molecule has 10 heteroatoms. The van der Waals surface area contributed by atoms with Crippen LogP contribution in [0.25, 0.3) is 0 Å². The summed E-state index contributed by atoms with van der Waals surface area (Å²) < 4.78 is 20.1. The number of amides is 2.